The van der Waals surface area contributed by atoms with Crippen LogP contribution < -0.4 is 10.5 Å². The van der Waals surface area contributed by atoms with Gasteiger partial charge in [0, 0.05) is 23.6 Å². The Hall–Kier alpha value is -3.28. The van der Waals surface area contributed by atoms with Crippen molar-refractivity contribution >= 4 is 22.8 Å². The Bertz CT molecular complexity index is 959. The van der Waals surface area contributed by atoms with E-state index in [1.807, 2.05) is 42.5 Å². The molecule has 0 aliphatic rings. The van der Waals surface area contributed by atoms with Crippen molar-refractivity contribution in [2.45, 2.75) is 12.8 Å². The molecule has 3 rings (SSSR count). The van der Waals surface area contributed by atoms with Gasteiger partial charge in [-0.15, -0.1) is 0 Å². The van der Waals surface area contributed by atoms with Gasteiger partial charge in [0.2, 0.25) is 0 Å². The van der Waals surface area contributed by atoms with Gasteiger partial charge in [0.05, 0.1) is 12.6 Å². The lowest BCUT2D eigenvalue weighted by atomic mass is 10.1. The van der Waals surface area contributed by atoms with Crippen LogP contribution in [0.25, 0.3) is 16.6 Å². The topological polar surface area (TPSA) is 94.5 Å². The van der Waals surface area contributed by atoms with Crippen molar-refractivity contribution in [2.75, 3.05) is 7.11 Å². The molecule has 0 atom stereocenters. The average molecular weight is 338 g/mol. The Balaban J connectivity index is 2.16. The number of carbonyl (C=O) groups is 2. The van der Waals surface area contributed by atoms with Crippen molar-refractivity contribution in [1.82, 2.24) is 4.57 Å². The van der Waals surface area contributed by atoms with Crippen LogP contribution in [0, 0.1) is 0 Å². The minimum absolute atomic E-state index is 0.0480. The number of fused-ring (bicyclic) bond motifs is 1. The third-order valence-electron chi connectivity index (χ3n) is 4.06. The van der Waals surface area contributed by atoms with E-state index in [1.54, 1.807) is 17.7 Å². The number of hydrogen-bond acceptors (Lipinski definition) is 3. The lowest BCUT2D eigenvalue weighted by Gasteiger charge is -2.11. The van der Waals surface area contributed by atoms with Gasteiger partial charge in [-0.2, -0.15) is 0 Å². The van der Waals surface area contributed by atoms with Crippen LogP contribution in [0.3, 0.4) is 0 Å². The van der Waals surface area contributed by atoms with Crippen LogP contribution in [0.2, 0.25) is 0 Å². The van der Waals surface area contributed by atoms with Crippen LogP contribution in [-0.2, 0) is 11.2 Å². The number of benzene rings is 2. The number of ether oxygens (including phenoxy) is 1. The van der Waals surface area contributed by atoms with Crippen molar-refractivity contribution in [3.8, 4) is 11.4 Å². The normalized spacial score (nSPS) is 10.8. The van der Waals surface area contributed by atoms with E-state index in [0.717, 1.165) is 22.2 Å². The van der Waals surface area contributed by atoms with Gasteiger partial charge in [-0.25, -0.2) is 0 Å². The van der Waals surface area contributed by atoms with E-state index in [-0.39, 0.29) is 6.42 Å². The molecule has 1 aromatic heterocycles. The van der Waals surface area contributed by atoms with Gasteiger partial charge in [0.25, 0.3) is 5.91 Å². The number of primary amides is 1. The van der Waals surface area contributed by atoms with E-state index >= 15 is 0 Å². The van der Waals surface area contributed by atoms with Gasteiger partial charge in [-0.05, 0) is 42.3 Å². The van der Waals surface area contributed by atoms with Crippen molar-refractivity contribution < 1.29 is 19.4 Å². The van der Waals surface area contributed by atoms with E-state index in [4.69, 9.17) is 15.6 Å². The van der Waals surface area contributed by atoms with E-state index in [9.17, 15) is 9.59 Å². The van der Waals surface area contributed by atoms with Gasteiger partial charge in [0.15, 0.2) is 0 Å². The summed E-state index contributed by atoms with van der Waals surface area (Å²) < 4.78 is 7.05. The van der Waals surface area contributed by atoms with Gasteiger partial charge in [0.1, 0.15) is 11.4 Å². The van der Waals surface area contributed by atoms with Gasteiger partial charge < -0.3 is 20.1 Å². The Morgan fingerprint density at radius 1 is 1.16 bits per heavy atom. The molecular weight excluding hydrogens is 320 g/mol. The lowest BCUT2D eigenvalue weighted by molar-refractivity contribution is -0.136. The van der Waals surface area contributed by atoms with Crippen LogP contribution in [0.5, 0.6) is 5.75 Å². The van der Waals surface area contributed by atoms with Crippen LogP contribution in [0.4, 0.5) is 0 Å². The molecule has 0 saturated heterocycles. The SMILES string of the molecule is COc1ccc2cc(C(N)=O)n(-c3cccc(CCC(=O)O)c3)c2c1. The zero-order chi connectivity index (χ0) is 18.0. The Morgan fingerprint density at radius 3 is 2.64 bits per heavy atom. The zero-order valence-electron chi connectivity index (χ0n) is 13.7. The Labute approximate surface area is 144 Å². The molecule has 3 N–H and O–H groups in total. The predicted molar refractivity (Wildman–Crippen MR) is 94.3 cm³/mol. The predicted octanol–water partition coefficient (Wildman–Crippen LogP) is 2.76. The van der Waals surface area contributed by atoms with Crippen LogP contribution in [0.15, 0.2) is 48.5 Å². The first kappa shape index (κ1) is 16.6. The number of methoxy groups -OCH3 is 1. The summed E-state index contributed by atoms with van der Waals surface area (Å²) in [4.78, 5) is 22.7. The van der Waals surface area contributed by atoms with Crippen molar-refractivity contribution in [1.29, 1.82) is 0 Å². The van der Waals surface area contributed by atoms with Crippen molar-refractivity contribution in [3.63, 3.8) is 0 Å². The summed E-state index contributed by atoms with van der Waals surface area (Å²) in [7, 11) is 1.58. The molecule has 0 bridgehead atoms. The van der Waals surface area contributed by atoms with Crippen molar-refractivity contribution in [2.24, 2.45) is 5.73 Å². The number of rotatable bonds is 6. The molecule has 128 valence electrons. The standard InChI is InChI=1S/C19H18N2O4/c1-25-15-7-6-13-10-17(19(20)24)21(16(13)11-15)14-4-2-3-12(9-14)5-8-18(22)23/h2-4,6-7,9-11H,5,8H2,1H3,(H2,20,24)(H,22,23). The van der Waals surface area contributed by atoms with Crippen LogP contribution >= 0.6 is 0 Å². The third kappa shape index (κ3) is 3.33. The van der Waals surface area contributed by atoms with Gasteiger partial charge >= 0.3 is 5.97 Å². The fraction of sp³-hybridized carbons (Fsp3) is 0.158. The van der Waals surface area contributed by atoms with Crippen LogP contribution in [-0.4, -0.2) is 28.7 Å². The smallest absolute Gasteiger partial charge is 0.303 e. The van der Waals surface area contributed by atoms with Crippen molar-refractivity contribution in [3.05, 3.63) is 59.8 Å². The molecule has 2 aromatic carbocycles. The summed E-state index contributed by atoms with van der Waals surface area (Å²) in [5, 5.41) is 9.73. The molecule has 1 amide bonds. The van der Waals surface area contributed by atoms with E-state index in [2.05, 4.69) is 0 Å². The number of aryl methyl sites for hydroxylation is 1. The number of carboxylic acids is 1. The molecule has 0 fully saturated rings. The second-order valence-electron chi connectivity index (χ2n) is 5.72. The second-order valence-corrected chi connectivity index (χ2v) is 5.72. The molecule has 6 heteroatoms. The third-order valence-corrected chi connectivity index (χ3v) is 4.06. The highest BCUT2D eigenvalue weighted by molar-refractivity contribution is 5.99. The first-order valence-electron chi connectivity index (χ1n) is 7.80. The molecule has 0 aliphatic carbocycles. The van der Waals surface area contributed by atoms with Gasteiger partial charge in [-0.3, -0.25) is 9.59 Å². The minimum atomic E-state index is -0.848. The molecule has 0 aliphatic heterocycles. The quantitative estimate of drug-likeness (QED) is 0.722. The molecule has 1 heterocycles. The molecule has 0 spiro atoms. The minimum Gasteiger partial charge on any atom is -0.497 e. The molecular formula is C19H18N2O4. The van der Waals surface area contributed by atoms with E-state index < -0.39 is 11.9 Å². The number of carbonyl (C=O) groups excluding carboxylic acids is 1. The first-order valence-corrected chi connectivity index (χ1v) is 7.80. The fourth-order valence-electron chi connectivity index (χ4n) is 2.87. The maximum atomic E-state index is 11.9. The Kier molecular flexibility index (Phi) is 4.43. The highest BCUT2D eigenvalue weighted by Crippen LogP contribution is 2.28. The first-order chi connectivity index (χ1) is 12.0. The number of hydrogen-bond donors (Lipinski definition) is 2. The molecule has 0 saturated carbocycles. The number of aliphatic carboxylic acids is 1. The maximum absolute atomic E-state index is 11.9. The zero-order valence-corrected chi connectivity index (χ0v) is 13.7. The summed E-state index contributed by atoms with van der Waals surface area (Å²) >= 11 is 0. The number of nitrogens with two attached hydrogens (primary N) is 1. The largest absolute Gasteiger partial charge is 0.497 e. The lowest BCUT2D eigenvalue weighted by Crippen LogP contribution is -2.16. The summed E-state index contributed by atoms with van der Waals surface area (Å²) in [5.41, 5.74) is 8.33. The van der Waals surface area contributed by atoms with E-state index in [1.165, 1.54) is 0 Å². The summed E-state index contributed by atoms with van der Waals surface area (Å²) in [6.45, 7) is 0. The number of carboxylic acid groups (broad SMARTS) is 1. The van der Waals surface area contributed by atoms with Crippen LogP contribution in [0.1, 0.15) is 22.5 Å². The second kappa shape index (κ2) is 6.68. The number of aromatic nitrogens is 1. The monoisotopic (exact) mass is 338 g/mol. The van der Waals surface area contributed by atoms with E-state index in [0.29, 0.717) is 17.9 Å². The number of amides is 1. The number of nitrogens with zero attached hydrogens (tertiary/aromatic N) is 1. The summed E-state index contributed by atoms with van der Waals surface area (Å²) in [6, 6.07) is 14.7. The highest BCUT2D eigenvalue weighted by atomic mass is 16.5. The maximum Gasteiger partial charge on any atom is 0.303 e. The summed E-state index contributed by atoms with van der Waals surface area (Å²) in [5.74, 6) is -0.713. The highest BCUT2D eigenvalue weighted by Gasteiger charge is 2.15. The Morgan fingerprint density at radius 2 is 1.96 bits per heavy atom. The average Bonchev–Trinajstić information content (AvgIpc) is 2.99. The molecule has 6 nitrogen and oxygen atoms in total. The fourth-order valence-corrected chi connectivity index (χ4v) is 2.87. The molecule has 25 heavy (non-hydrogen) atoms. The molecule has 0 radical (unpaired) electrons. The molecule has 0 unspecified atom stereocenters. The summed E-state index contributed by atoms with van der Waals surface area (Å²) in [6.07, 6.45) is 0.462. The van der Waals surface area contributed by atoms with Gasteiger partial charge in [-0.1, -0.05) is 12.1 Å². The molecule has 3 aromatic rings.